The average Bonchev–Trinajstić information content (AvgIpc) is 2.65. The Morgan fingerprint density at radius 2 is 2.43 bits per heavy atom. The van der Waals surface area contributed by atoms with Crippen molar-refractivity contribution in [2.45, 2.75) is 19.5 Å². The molecule has 0 radical (unpaired) electrons. The number of hydrogen-bond donors (Lipinski definition) is 1. The maximum Gasteiger partial charge on any atom is 0.238 e. The van der Waals surface area contributed by atoms with Gasteiger partial charge in [-0.05, 0) is 18.5 Å². The van der Waals surface area contributed by atoms with Crippen molar-refractivity contribution in [2.75, 3.05) is 14.1 Å². The van der Waals surface area contributed by atoms with Crippen LogP contribution in [0, 0.1) is 0 Å². The van der Waals surface area contributed by atoms with E-state index in [-0.39, 0.29) is 11.9 Å². The van der Waals surface area contributed by atoms with E-state index < -0.39 is 0 Å². The van der Waals surface area contributed by atoms with Gasteiger partial charge in [0.15, 0.2) is 0 Å². The van der Waals surface area contributed by atoms with Crippen LogP contribution in [0.2, 0.25) is 0 Å². The van der Waals surface area contributed by atoms with Crippen molar-refractivity contribution in [3.05, 3.63) is 11.1 Å². The summed E-state index contributed by atoms with van der Waals surface area (Å²) >= 11 is 1.31. The maximum absolute atomic E-state index is 11.4. The Bertz CT molecular complexity index is 286. The van der Waals surface area contributed by atoms with E-state index in [1.807, 2.05) is 12.3 Å². The summed E-state index contributed by atoms with van der Waals surface area (Å²) in [7, 11) is 3.48. The van der Waals surface area contributed by atoms with Crippen LogP contribution < -0.4 is 5.32 Å². The first kappa shape index (κ1) is 11.1. The zero-order valence-electron chi connectivity index (χ0n) is 8.52. The summed E-state index contributed by atoms with van der Waals surface area (Å²) in [6.45, 7) is 2.42. The van der Waals surface area contributed by atoms with E-state index in [2.05, 4.69) is 14.9 Å². The Morgan fingerprint density at radius 1 is 1.71 bits per heavy atom. The number of hydrogen-bond acceptors (Lipinski definition) is 5. The molecule has 0 saturated heterocycles. The molecule has 1 heterocycles. The third-order valence-corrected chi connectivity index (χ3v) is 2.36. The van der Waals surface area contributed by atoms with E-state index in [1.165, 1.54) is 11.5 Å². The fraction of sp³-hybridized carbons (Fsp3) is 0.625. The highest BCUT2D eigenvalue weighted by Crippen LogP contribution is 1.97. The van der Waals surface area contributed by atoms with Crippen LogP contribution in [-0.2, 0) is 11.3 Å². The SMILES string of the molecule is CC(NCc1csnn1)C(=O)N(C)C. The van der Waals surface area contributed by atoms with Crippen LogP contribution >= 0.6 is 11.5 Å². The Hall–Kier alpha value is -1.01. The van der Waals surface area contributed by atoms with Gasteiger partial charge in [-0.2, -0.15) is 0 Å². The van der Waals surface area contributed by atoms with Crippen molar-refractivity contribution < 1.29 is 4.79 Å². The predicted molar refractivity (Wildman–Crippen MR) is 54.9 cm³/mol. The Balaban J connectivity index is 2.35. The van der Waals surface area contributed by atoms with Crippen molar-refractivity contribution in [2.24, 2.45) is 0 Å². The number of aromatic nitrogens is 2. The van der Waals surface area contributed by atoms with E-state index in [0.29, 0.717) is 6.54 Å². The van der Waals surface area contributed by atoms with Gasteiger partial charge < -0.3 is 10.2 Å². The van der Waals surface area contributed by atoms with Crippen molar-refractivity contribution in [3.8, 4) is 0 Å². The lowest BCUT2D eigenvalue weighted by Crippen LogP contribution is -2.41. The minimum atomic E-state index is -0.188. The molecule has 0 aliphatic carbocycles. The van der Waals surface area contributed by atoms with Gasteiger partial charge in [-0.15, -0.1) is 5.10 Å². The molecule has 1 amide bonds. The zero-order chi connectivity index (χ0) is 10.6. The fourth-order valence-corrected chi connectivity index (χ4v) is 1.44. The van der Waals surface area contributed by atoms with Crippen molar-refractivity contribution in [3.63, 3.8) is 0 Å². The first-order chi connectivity index (χ1) is 6.61. The zero-order valence-corrected chi connectivity index (χ0v) is 9.34. The van der Waals surface area contributed by atoms with Crippen molar-refractivity contribution in [1.29, 1.82) is 0 Å². The standard InChI is InChI=1S/C8H14N4OS/c1-6(8(13)12(2)3)9-4-7-5-14-11-10-7/h5-6,9H,4H2,1-3H3. The summed E-state index contributed by atoms with van der Waals surface area (Å²) in [6.07, 6.45) is 0. The number of likely N-dealkylation sites (N-methyl/N-ethyl adjacent to an activating group) is 1. The molecule has 0 spiro atoms. The van der Waals surface area contributed by atoms with Gasteiger partial charge in [0.2, 0.25) is 5.91 Å². The molecule has 0 aromatic carbocycles. The normalized spacial score (nSPS) is 12.5. The first-order valence-corrected chi connectivity index (χ1v) is 5.15. The molecule has 1 N–H and O–H groups in total. The van der Waals surface area contributed by atoms with Crippen LogP contribution in [0.4, 0.5) is 0 Å². The molecule has 14 heavy (non-hydrogen) atoms. The molecule has 1 aromatic heterocycles. The van der Waals surface area contributed by atoms with E-state index >= 15 is 0 Å². The highest BCUT2D eigenvalue weighted by atomic mass is 32.1. The van der Waals surface area contributed by atoms with Crippen LogP contribution in [0.15, 0.2) is 5.38 Å². The van der Waals surface area contributed by atoms with E-state index in [9.17, 15) is 4.79 Å². The molecular formula is C8H14N4OS. The number of carbonyl (C=O) groups excluding carboxylic acids is 1. The van der Waals surface area contributed by atoms with Gasteiger partial charge in [0.25, 0.3) is 0 Å². The summed E-state index contributed by atoms with van der Waals surface area (Å²) in [5.41, 5.74) is 0.869. The van der Waals surface area contributed by atoms with Crippen LogP contribution in [0.1, 0.15) is 12.6 Å². The number of nitrogens with one attached hydrogen (secondary N) is 1. The van der Waals surface area contributed by atoms with E-state index in [1.54, 1.807) is 19.0 Å². The monoisotopic (exact) mass is 214 g/mol. The second kappa shape index (κ2) is 5.02. The van der Waals surface area contributed by atoms with Crippen molar-refractivity contribution >= 4 is 17.4 Å². The van der Waals surface area contributed by atoms with Gasteiger partial charge in [0.1, 0.15) is 0 Å². The van der Waals surface area contributed by atoms with Crippen LogP contribution in [0.25, 0.3) is 0 Å². The molecular weight excluding hydrogens is 200 g/mol. The van der Waals surface area contributed by atoms with Gasteiger partial charge in [0, 0.05) is 26.0 Å². The highest BCUT2D eigenvalue weighted by molar-refractivity contribution is 7.03. The fourth-order valence-electron chi connectivity index (χ4n) is 0.993. The lowest BCUT2D eigenvalue weighted by atomic mass is 10.3. The number of carbonyl (C=O) groups is 1. The smallest absolute Gasteiger partial charge is 0.238 e. The Morgan fingerprint density at radius 3 is 2.93 bits per heavy atom. The lowest BCUT2D eigenvalue weighted by molar-refractivity contribution is -0.130. The van der Waals surface area contributed by atoms with Gasteiger partial charge >= 0.3 is 0 Å². The van der Waals surface area contributed by atoms with Gasteiger partial charge in [-0.25, -0.2) is 0 Å². The molecule has 6 heteroatoms. The molecule has 5 nitrogen and oxygen atoms in total. The Kier molecular flexibility index (Phi) is 3.97. The molecule has 0 aliphatic heterocycles. The van der Waals surface area contributed by atoms with Gasteiger partial charge in [-0.1, -0.05) is 4.49 Å². The predicted octanol–water partition coefficient (Wildman–Crippen LogP) is 0.104. The van der Waals surface area contributed by atoms with Crippen LogP contribution in [0.5, 0.6) is 0 Å². The van der Waals surface area contributed by atoms with Crippen molar-refractivity contribution in [1.82, 2.24) is 19.8 Å². The molecule has 78 valence electrons. The molecule has 1 atom stereocenters. The molecule has 0 saturated carbocycles. The summed E-state index contributed by atoms with van der Waals surface area (Å²) in [6, 6.07) is -0.188. The summed E-state index contributed by atoms with van der Waals surface area (Å²) in [5, 5.41) is 8.81. The van der Waals surface area contributed by atoms with Gasteiger partial charge in [0.05, 0.1) is 11.7 Å². The summed E-state index contributed by atoms with van der Waals surface area (Å²) in [4.78, 5) is 13.0. The number of nitrogens with zero attached hydrogens (tertiary/aromatic N) is 3. The second-order valence-electron chi connectivity index (χ2n) is 3.23. The quantitative estimate of drug-likeness (QED) is 0.772. The minimum Gasteiger partial charge on any atom is -0.347 e. The largest absolute Gasteiger partial charge is 0.347 e. The molecule has 0 bridgehead atoms. The third-order valence-electron chi connectivity index (χ3n) is 1.81. The number of amides is 1. The summed E-state index contributed by atoms with van der Waals surface area (Å²) < 4.78 is 3.74. The Labute approximate surface area is 87.3 Å². The third kappa shape index (κ3) is 3.04. The molecule has 1 unspecified atom stereocenters. The number of rotatable bonds is 4. The van der Waals surface area contributed by atoms with Crippen LogP contribution in [-0.4, -0.2) is 40.5 Å². The minimum absolute atomic E-state index is 0.0631. The van der Waals surface area contributed by atoms with E-state index in [0.717, 1.165) is 5.69 Å². The maximum atomic E-state index is 11.4. The topological polar surface area (TPSA) is 58.1 Å². The highest BCUT2D eigenvalue weighted by Gasteiger charge is 2.13. The van der Waals surface area contributed by atoms with Crippen LogP contribution in [0.3, 0.4) is 0 Å². The molecule has 1 aromatic rings. The average molecular weight is 214 g/mol. The molecule has 0 aliphatic rings. The second-order valence-corrected chi connectivity index (χ2v) is 3.84. The lowest BCUT2D eigenvalue weighted by Gasteiger charge is -2.17. The van der Waals surface area contributed by atoms with Gasteiger partial charge in [-0.3, -0.25) is 4.79 Å². The van der Waals surface area contributed by atoms with E-state index in [4.69, 9.17) is 0 Å². The first-order valence-electron chi connectivity index (χ1n) is 4.31. The summed E-state index contributed by atoms with van der Waals surface area (Å²) in [5.74, 6) is 0.0631. The molecule has 0 fully saturated rings. The molecule has 1 rings (SSSR count).